The van der Waals surface area contributed by atoms with Gasteiger partial charge in [-0.25, -0.2) is 0 Å². The molecule has 1 saturated heterocycles. The third kappa shape index (κ3) is 2.38. The highest BCUT2D eigenvalue weighted by Crippen LogP contribution is 2.06. The van der Waals surface area contributed by atoms with Crippen LogP contribution in [0.15, 0.2) is 5.10 Å². The van der Waals surface area contributed by atoms with E-state index in [1.165, 1.54) is 12.8 Å². The summed E-state index contributed by atoms with van der Waals surface area (Å²) in [5, 5.41) is 6.48. The number of hydrogen-bond donors (Lipinski definition) is 0. The van der Waals surface area contributed by atoms with Crippen molar-refractivity contribution in [3.05, 3.63) is 0 Å². The van der Waals surface area contributed by atoms with E-state index in [1.807, 2.05) is 6.21 Å². The summed E-state index contributed by atoms with van der Waals surface area (Å²) in [7, 11) is 0. The van der Waals surface area contributed by atoms with Gasteiger partial charge in [0, 0.05) is 19.3 Å². The summed E-state index contributed by atoms with van der Waals surface area (Å²) < 4.78 is 0. The molecule has 0 unspecified atom stereocenters. The maximum absolute atomic E-state index is 4.33. The highest BCUT2D eigenvalue weighted by molar-refractivity contribution is 5.59. The Bertz CT molecular complexity index is 112. The summed E-state index contributed by atoms with van der Waals surface area (Å²) in [6, 6.07) is 0. The molecule has 1 aliphatic heterocycles. The zero-order chi connectivity index (χ0) is 7.40. The van der Waals surface area contributed by atoms with E-state index in [0.717, 1.165) is 13.1 Å². The molecule has 0 spiro atoms. The molecule has 0 bridgehead atoms. The van der Waals surface area contributed by atoms with Crippen molar-refractivity contribution in [1.82, 2.24) is 5.01 Å². The van der Waals surface area contributed by atoms with Gasteiger partial charge in [0.2, 0.25) is 0 Å². The van der Waals surface area contributed by atoms with E-state index in [0.29, 0.717) is 5.92 Å². The lowest BCUT2D eigenvalue weighted by atomic mass is 10.3. The third-order valence-corrected chi connectivity index (χ3v) is 1.61. The minimum atomic E-state index is 0.584. The second kappa shape index (κ2) is 3.59. The van der Waals surface area contributed by atoms with Gasteiger partial charge in [0.05, 0.1) is 0 Å². The summed E-state index contributed by atoms with van der Waals surface area (Å²) in [6.45, 7) is 6.62. The minimum Gasteiger partial charge on any atom is -0.297 e. The Labute approximate surface area is 62.9 Å². The molecule has 0 saturated carbocycles. The number of hydrazone groups is 1. The fourth-order valence-corrected chi connectivity index (χ4v) is 1.04. The Kier molecular flexibility index (Phi) is 2.72. The summed E-state index contributed by atoms with van der Waals surface area (Å²) in [4.78, 5) is 0. The van der Waals surface area contributed by atoms with Crippen LogP contribution in [0.1, 0.15) is 26.7 Å². The molecule has 0 aromatic carbocycles. The molecule has 1 heterocycles. The van der Waals surface area contributed by atoms with Crippen LogP contribution in [-0.2, 0) is 0 Å². The molecule has 0 aromatic rings. The van der Waals surface area contributed by atoms with Gasteiger partial charge in [-0.2, -0.15) is 5.10 Å². The van der Waals surface area contributed by atoms with Gasteiger partial charge in [-0.05, 0) is 18.8 Å². The van der Waals surface area contributed by atoms with Crippen LogP contribution in [-0.4, -0.2) is 24.3 Å². The molecule has 1 fully saturated rings. The van der Waals surface area contributed by atoms with Crippen LogP contribution in [0.2, 0.25) is 0 Å². The second-order valence-corrected chi connectivity index (χ2v) is 3.17. The van der Waals surface area contributed by atoms with Crippen molar-refractivity contribution in [3.8, 4) is 0 Å². The molecule has 10 heavy (non-hydrogen) atoms. The van der Waals surface area contributed by atoms with Crippen molar-refractivity contribution in [2.24, 2.45) is 11.0 Å². The standard InChI is InChI=1S/C8H16N2/c1-8(2)7-9-10-5-3-4-6-10/h7-8H,3-6H2,1-2H3. The lowest BCUT2D eigenvalue weighted by Crippen LogP contribution is -2.12. The molecule has 0 N–H and O–H groups in total. The van der Waals surface area contributed by atoms with Crippen LogP contribution in [0.5, 0.6) is 0 Å². The van der Waals surface area contributed by atoms with Crippen molar-refractivity contribution in [2.75, 3.05) is 13.1 Å². The summed E-state index contributed by atoms with van der Waals surface area (Å²) in [5.41, 5.74) is 0. The topological polar surface area (TPSA) is 15.6 Å². The first-order chi connectivity index (χ1) is 4.79. The van der Waals surface area contributed by atoms with Gasteiger partial charge in [-0.15, -0.1) is 0 Å². The third-order valence-electron chi connectivity index (χ3n) is 1.61. The summed E-state index contributed by atoms with van der Waals surface area (Å²) in [5.74, 6) is 0.584. The average molecular weight is 140 g/mol. The number of hydrogen-bond acceptors (Lipinski definition) is 2. The average Bonchev–Trinajstić information content (AvgIpc) is 2.34. The zero-order valence-electron chi connectivity index (χ0n) is 6.88. The quantitative estimate of drug-likeness (QED) is 0.533. The first kappa shape index (κ1) is 7.58. The van der Waals surface area contributed by atoms with Crippen LogP contribution in [0.3, 0.4) is 0 Å². The fourth-order valence-electron chi connectivity index (χ4n) is 1.04. The molecule has 0 amide bonds. The molecule has 0 aromatic heterocycles. The Morgan fingerprint density at radius 1 is 1.30 bits per heavy atom. The maximum Gasteiger partial charge on any atom is 0.0360 e. The van der Waals surface area contributed by atoms with Gasteiger partial charge < -0.3 is 0 Å². The first-order valence-electron chi connectivity index (χ1n) is 4.08. The van der Waals surface area contributed by atoms with Gasteiger partial charge in [0.15, 0.2) is 0 Å². The molecule has 0 aliphatic carbocycles. The number of rotatable bonds is 2. The number of nitrogens with zero attached hydrogens (tertiary/aromatic N) is 2. The van der Waals surface area contributed by atoms with Gasteiger partial charge >= 0.3 is 0 Å². The molecular weight excluding hydrogens is 124 g/mol. The summed E-state index contributed by atoms with van der Waals surface area (Å²) in [6.07, 6.45) is 4.65. The van der Waals surface area contributed by atoms with Crippen LogP contribution in [0, 0.1) is 5.92 Å². The van der Waals surface area contributed by atoms with Gasteiger partial charge in [-0.1, -0.05) is 13.8 Å². The molecule has 0 atom stereocenters. The van der Waals surface area contributed by atoms with Gasteiger partial charge in [0.25, 0.3) is 0 Å². The van der Waals surface area contributed by atoms with Crippen molar-refractivity contribution >= 4 is 6.21 Å². The zero-order valence-corrected chi connectivity index (χ0v) is 6.88. The molecule has 2 heteroatoms. The van der Waals surface area contributed by atoms with Gasteiger partial charge in [-0.3, -0.25) is 5.01 Å². The van der Waals surface area contributed by atoms with Crippen LogP contribution in [0.25, 0.3) is 0 Å². The molecule has 2 nitrogen and oxygen atoms in total. The van der Waals surface area contributed by atoms with Crippen molar-refractivity contribution in [2.45, 2.75) is 26.7 Å². The Morgan fingerprint density at radius 3 is 2.40 bits per heavy atom. The van der Waals surface area contributed by atoms with E-state index in [2.05, 4.69) is 24.0 Å². The second-order valence-electron chi connectivity index (χ2n) is 3.17. The van der Waals surface area contributed by atoms with E-state index in [9.17, 15) is 0 Å². The molecular formula is C8H16N2. The van der Waals surface area contributed by atoms with E-state index < -0.39 is 0 Å². The Balaban J connectivity index is 2.23. The van der Waals surface area contributed by atoms with E-state index in [-0.39, 0.29) is 0 Å². The van der Waals surface area contributed by atoms with Crippen LogP contribution < -0.4 is 0 Å². The maximum atomic E-state index is 4.33. The van der Waals surface area contributed by atoms with E-state index in [4.69, 9.17) is 0 Å². The Hall–Kier alpha value is -0.530. The SMILES string of the molecule is CC(C)C=NN1CCCC1. The highest BCUT2D eigenvalue weighted by Gasteiger charge is 2.06. The van der Waals surface area contributed by atoms with E-state index >= 15 is 0 Å². The monoisotopic (exact) mass is 140 g/mol. The lowest BCUT2D eigenvalue weighted by molar-refractivity contribution is 0.360. The molecule has 1 rings (SSSR count). The van der Waals surface area contributed by atoms with Crippen molar-refractivity contribution < 1.29 is 0 Å². The smallest absolute Gasteiger partial charge is 0.0360 e. The molecule has 0 radical (unpaired) electrons. The van der Waals surface area contributed by atoms with Crippen LogP contribution >= 0.6 is 0 Å². The molecule has 58 valence electrons. The van der Waals surface area contributed by atoms with Crippen molar-refractivity contribution in [3.63, 3.8) is 0 Å². The predicted octanol–water partition coefficient (Wildman–Crippen LogP) is 1.72. The Morgan fingerprint density at radius 2 is 1.90 bits per heavy atom. The fraction of sp³-hybridized carbons (Fsp3) is 0.875. The normalized spacial score (nSPS) is 19.7. The van der Waals surface area contributed by atoms with E-state index in [1.54, 1.807) is 0 Å². The van der Waals surface area contributed by atoms with Crippen molar-refractivity contribution in [1.29, 1.82) is 0 Å². The van der Waals surface area contributed by atoms with Gasteiger partial charge in [0.1, 0.15) is 0 Å². The largest absolute Gasteiger partial charge is 0.297 e. The summed E-state index contributed by atoms with van der Waals surface area (Å²) >= 11 is 0. The first-order valence-corrected chi connectivity index (χ1v) is 4.08. The van der Waals surface area contributed by atoms with Crippen LogP contribution in [0.4, 0.5) is 0 Å². The molecule has 1 aliphatic rings. The minimum absolute atomic E-state index is 0.584. The lowest BCUT2D eigenvalue weighted by Gasteiger charge is -2.09. The highest BCUT2D eigenvalue weighted by atomic mass is 15.5. The predicted molar refractivity (Wildman–Crippen MR) is 44.1 cm³/mol.